The number of hydrogen-bond donors (Lipinski definition) is 2. The third-order valence-corrected chi connectivity index (χ3v) is 3.63. The lowest BCUT2D eigenvalue weighted by molar-refractivity contribution is 1.66. The summed E-state index contributed by atoms with van der Waals surface area (Å²) in [4.78, 5) is 0. The number of nitrogens with one attached hydrogen (secondary N) is 2. The van der Waals surface area contributed by atoms with E-state index in [4.69, 9.17) is 0 Å². The number of rotatable bonds is 0. The summed E-state index contributed by atoms with van der Waals surface area (Å²) < 4.78 is 6.57. The average molecular weight is 212 g/mol. The van der Waals surface area contributed by atoms with E-state index < -0.39 is 0 Å². The molecule has 0 amide bonds. The van der Waals surface area contributed by atoms with Gasteiger partial charge in [0.15, 0.2) is 0 Å². The van der Waals surface area contributed by atoms with Gasteiger partial charge < -0.3 is 9.44 Å². The maximum atomic E-state index is 3.29. The maximum absolute atomic E-state index is 3.29. The summed E-state index contributed by atoms with van der Waals surface area (Å²) in [5, 5.41) is 2.68. The molecule has 0 atom stereocenters. The molecule has 2 nitrogen and oxygen atoms in total. The highest BCUT2D eigenvalue weighted by molar-refractivity contribution is 8.02. The van der Waals surface area contributed by atoms with Crippen molar-refractivity contribution in [1.82, 2.24) is 0 Å². The normalized spacial score (nSPS) is 15.2. The van der Waals surface area contributed by atoms with Crippen molar-refractivity contribution in [3.05, 3.63) is 35.4 Å². The quantitative estimate of drug-likeness (QED) is 0.555. The van der Waals surface area contributed by atoms with E-state index in [2.05, 4.69) is 45.9 Å². The first-order chi connectivity index (χ1) is 7.43. The fourth-order valence-electron chi connectivity index (χ4n) is 2.31. The minimum absolute atomic E-state index is 1.21. The van der Waals surface area contributed by atoms with E-state index in [9.17, 15) is 0 Å². The first kappa shape index (κ1) is 7.65. The van der Waals surface area contributed by atoms with E-state index in [0.29, 0.717) is 0 Å². The Kier molecular flexibility index (Phi) is 1.27. The van der Waals surface area contributed by atoms with Crippen LogP contribution in [-0.2, 0) is 0 Å². The smallest absolute Gasteiger partial charge is 0.0656 e. The third-order valence-electron chi connectivity index (χ3n) is 2.99. The van der Waals surface area contributed by atoms with Gasteiger partial charge in [-0.2, -0.15) is 0 Å². The fourth-order valence-corrected chi connectivity index (χ4v) is 2.92. The fraction of sp³-hybridized carbons (Fsp3) is 0. The van der Waals surface area contributed by atoms with Crippen molar-refractivity contribution in [2.24, 2.45) is 0 Å². The molecule has 72 valence electrons. The highest BCUT2D eigenvalue weighted by Crippen LogP contribution is 2.43. The molecule has 4 rings (SSSR count). The minimum Gasteiger partial charge on any atom is -0.311 e. The molecule has 1 aliphatic heterocycles. The van der Waals surface area contributed by atoms with Crippen LogP contribution in [0, 0.1) is 0 Å². The van der Waals surface area contributed by atoms with E-state index in [1.54, 1.807) is 0 Å². The average Bonchev–Trinajstić information content (AvgIpc) is 2.71. The Morgan fingerprint density at radius 1 is 0.733 bits per heavy atom. The van der Waals surface area contributed by atoms with Crippen molar-refractivity contribution in [1.29, 1.82) is 0 Å². The SMILES string of the molecule is C1=Cc2ccc3c4c(ccc1c24)NSN3. The van der Waals surface area contributed by atoms with Crippen molar-refractivity contribution in [3.8, 4) is 0 Å². The first-order valence-electron chi connectivity index (χ1n) is 4.89. The second-order valence-corrected chi connectivity index (χ2v) is 4.41. The first-order valence-corrected chi connectivity index (χ1v) is 5.71. The van der Waals surface area contributed by atoms with Crippen molar-refractivity contribution < 1.29 is 0 Å². The van der Waals surface area contributed by atoms with Gasteiger partial charge in [0.25, 0.3) is 0 Å². The number of hydrogen-bond acceptors (Lipinski definition) is 3. The zero-order chi connectivity index (χ0) is 9.83. The summed E-state index contributed by atoms with van der Waals surface area (Å²) in [5.41, 5.74) is 5.05. The van der Waals surface area contributed by atoms with E-state index in [1.807, 2.05) is 0 Å². The molecule has 2 aromatic rings. The molecule has 2 N–H and O–H groups in total. The van der Waals surface area contributed by atoms with Crippen LogP contribution in [0.5, 0.6) is 0 Å². The second kappa shape index (κ2) is 2.49. The van der Waals surface area contributed by atoms with Crippen LogP contribution in [0.2, 0.25) is 0 Å². The molecule has 15 heavy (non-hydrogen) atoms. The van der Waals surface area contributed by atoms with Gasteiger partial charge in [-0.1, -0.05) is 24.3 Å². The zero-order valence-corrected chi connectivity index (χ0v) is 8.69. The van der Waals surface area contributed by atoms with Crippen LogP contribution in [0.15, 0.2) is 24.3 Å². The zero-order valence-electron chi connectivity index (χ0n) is 7.87. The number of anilines is 2. The molecule has 0 bridgehead atoms. The lowest BCUT2D eigenvalue weighted by atomic mass is 10.0. The molecule has 0 radical (unpaired) electrons. The second-order valence-electron chi connectivity index (χ2n) is 3.79. The van der Waals surface area contributed by atoms with Crippen molar-refractivity contribution in [2.45, 2.75) is 0 Å². The minimum atomic E-state index is 1.21. The summed E-state index contributed by atoms with van der Waals surface area (Å²) in [5.74, 6) is 0. The van der Waals surface area contributed by atoms with Gasteiger partial charge in [-0.3, -0.25) is 0 Å². The van der Waals surface area contributed by atoms with Crippen LogP contribution < -0.4 is 9.44 Å². The van der Waals surface area contributed by atoms with Crippen molar-refractivity contribution in [2.75, 3.05) is 9.44 Å². The molecular formula is C12H8N2S. The van der Waals surface area contributed by atoms with Crippen LogP contribution in [0.4, 0.5) is 11.4 Å². The van der Waals surface area contributed by atoms with Gasteiger partial charge in [0.2, 0.25) is 0 Å². The van der Waals surface area contributed by atoms with Crippen LogP contribution in [-0.4, -0.2) is 0 Å². The number of benzene rings is 2. The molecule has 0 saturated heterocycles. The molecule has 0 aromatic heterocycles. The Labute approximate surface area is 91.6 Å². The lowest BCUT2D eigenvalue weighted by Gasteiger charge is -2.20. The molecule has 1 heterocycles. The molecule has 0 saturated carbocycles. The largest absolute Gasteiger partial charge is 0.311 e. The van der Waals surface area contributed by atoms with Gasteiger partial charge in [-0.15, -0.1) is 0 Å². The Morgan fingerprint density at radius 2 is 1.33 bits per heavy atom. The molecule has 1 aliphatic carbocycles. The van der Waals surface area contributed by atoms with E-state index in [-0.39, 0.29) is 0 Å². The molecule has 3 heteroatoms. The van der Waals surface area contributed by atoms with E-state index in [1.165, 1.54) is 45.4 Å². The Balaban J connectivity index is 2.29. The Hall–Kier alpha value is -1.61. The molecule has 0 fully saturated rings. The highest BCUT2D eigenvalue weighted by Gasteiger charge is 2.17. The predicted molar refractivity (Wildman–Crippen MR) is 67.7 cm³/mol. The summed E-state index contributed by atoms with van der Waals surface area (Å²) in [6.45, 7) is 0. The van der Waals surface area contributed by atoms with Crippen LogP contribution in [0.3, 0.4) is 0 Å². The summed E-state index contributed by atoms with van der Waals surface area (Å²) in [6, 6.07) is 8.64. The molecule has 2 aliphatic rings. The molecular weight excluding hydrogens is 204 g/mol. The Bertz CT molecular complexity index is 568. The van der Waals surface area contributed by atoms with Crippen molar-refractivity contribution in [3.63, 3.8) is 0 Å². The van der Waals surface area contributed by atoms with Crippen LogP contribution in [0.25, 0.3) is 22.9 Å². The predicted octanol–water partition coefficient (Wildman–Crippen LogP) is 3.72. The van der Waals surface area contributed by atoms with Gasteiger partial charge in [0.05, 0.1) is 23.5 Å². The Morgan fingerprint density at radius 3 is 1.93 bits per heavy atom. The molecule has 0 spiro atoms. The monoisotopic (exact) mass is 212 g/mol. The summed E-state index contributed by atoms with van der Waals surface area (Å²) in [6.07, 6.45) is 4.36. The van der Waals surface area contributed by atoms with Crippen molar-refractivity contribution >= 4 is 46.4 Å². The third kappa shape index (κ3) is 0.862. The van der Waals surface area contributed by atoms with Gasteiger partial charge in [0.1, 0.15) is 0 Å². The van der Waals surface area contributed by atoms with E-state index in [0.717, 1.165) is 0 Å². The van der Waals surface area contributed by atoms with Gasteiger partial charge in [-0.25, -0.2) is 0 Å². The maximum Gasteiger partial charge on any atom is 0.0656 e. The van der Waals surface area contributed by atoms with Crippen LogP contribution >= 0.6 is 12.1 Å². The summed E-state index contributed by atoms with van der Waals surface area (Å²) in [7, 11) is 0. The highest BCUT2D eigenvalue weighted by atomic mass is 32.2. The summed E-state index contributed by atoms with van der Waals surface area (Å²) >= 11 is 1.52. The van der Waals surface area contributed by atoms with Gasteiger partial charge in [-0.05, 0) is 23.3 Å². The molecule has 2 aromatic carbocycles. The standard InChI is InChI=1S/C12H8N2S/c1-2-8-4-6-10-12-9(13-15-14-10)5-3-7(1)11(8)12/h1-6,13-14H. The molecule has 0 unspecified atom stereocenters. The van der Waals surface area contributed by atoms with Gasteiger partial charge in [0, 0.05) is 10.8 Å². The van der Waals surface area contributed by atoms with Gasteiger partial charge >= 0.3 is 0 Å². The lowest BCUT2D eigenvalue weighted by Crippen LogP contribution is -2.02. The topological polar surface area (TPSA) is 24.1 Å². The van der Waals surface area contributed by atoms with Crippen LogP contribution in [0.1, 0.15) is 11.1 Å². The van der Waals surface area contributed by atoms with E-state index >= 15 is 0 Å².